The van der Waals surface area contributed by atoms with E-state index in [2.05, 4.69) is 10.2 Å². The number of nitrogens with zero attached hydrogens (tertiary/aromatic N) is 1. The predicted octanol–water partition coefficient (Wildman–Crippen LogP) is 3.16. The van der Waals surface area contributed by atoms with Crippen molar-refractivity contribution in [3.63, 3.8) is 0 Å². The number of amides is 1. The van der Waals surface area contributed by atoms with Crippen molar-refractivity contribution in [2.45, 2.75) is 6.04 Å². The SMILES string of the molecule is COc1ccccc1C(=O)NCC(c1ccccc1OC)N(C)C.Cl. The predicted molar refractivity (Wildman–Crippen MR) is 102 cm³/mol. The highest BCUT2D eigenvalue weighted by molar-refractivity contribution is 5.96. The maximum absolute atomic E-state index is 12.5. The number of rotatable bonds is 7. The molecule has 136 valence electrons. The average Bonchev–Trinajstić information content (AvgIpc) is 2.61. The summed E-state index contributed by atoms with van der Waals surface area (Å²) >= 11 is 0. The van der Waals surface area contributed by atoms with Gasteiger partial charge in [-0.3, -0.25) is 4.79 Å². The first kappa shape index (κ1) is 20.8. The summed E-state index contributed by atoms with van der Waals surface area (Å²) < 4.78 is 10.7. The monoisotopic (exact) mass is 364 g/mol. The number of likely N-dealkylation sites (N-methyl/N-ethyl adjacent to an activating group) is 1. The highest BCUT2D eigenvalue weighted by Crippen LogP contribution is 2.27. The summed E-state index contributed by atoms with van der Waals surface area (Å²) in [6.07, 6.45) is 0. The molecule has 1 N–H and O–H groups in total. The number of benzene rings is 2. The first-order valence-corrected chi connectivity index (χ1v) is 7.79. The van der Waals surface area contributed by atoms with Gasteiger partial charge < -0.3 is 19.7 Å². The Balaban J connectivity index is 0.00000312. The van der Waals surface area contributed by atoms with Gasteiger partial charge >= 0.3 is 0 Å². The minimum Gasteiger partial charge on any atom is -0.496 e. The maximum atomic E-state index is 12.5. The zero-order valence-electron chi connectivity index (χ0n) is 15.0. The van der Waals surface area contributed by atoms with Gasteiger partial charge in [-0.15, -0.1) is 12.4 Å². The lowest BCUT2D eigenvalue weighted by Gasteiger charge is -2.26. The largest absolute Gasteiger partial charge is 0.496 e. The fourth-order valence-electron chi connectivity index (χ4n) is 2.63. The van der Waals surface area contributed by atoms with E-state index < -0.39 is 0 Å². The topological polar surface area (TPSA) is 50.8 Å². The van der Waals surface area contributed by atoms with Crippen molar-refractivity contribution in [3.05, 3.63) is 59.7 Å². The van der Waals surface area contributed by atoms with Crippen LogP contribution >= 0.6 is 12.4 Å². The zero-order chi connectivity index (χ0) is 17.5. The Morgan fingerprint density at radius 2 is 1.56 bits per heavy atom. The normalized spacial score (nSPS) is 11.4. The van der Waals surface area contributed by atoms with E-state index in [0.29, 0.717) is 17.9 Å². The second kappa shape index (κ2) is 9.91. The molecule has 0 aliphatic carbocycles. The summed E-state index contributed by atoms with van der Waals surface area (Å²) in [7, 11) is 7.17. The van der Waals surface area contributed by atoms with Gasteiger partial charge in [0.25, 0.3) is 5.91 Å². The van der Waals surface area contributed by atoms with E-state index in [9.17, 15) is 4.79 Å². The number of hydrogen-bond donors (Lipinski definition) is 1. The molecule has 2 rings (SSSR count). The summed E-state index contributed by atoms with van der Waals surface area (Å²) in [5.74, 6) is 1.21. The molecule has 5 nitrogen and oxygen atoms in total. The molecule has 0 radical (unpaired) electrons. The van der Waals surface area contributed by atoms with Crippen molar-refractivity contribution in [2.24, 2.45) is 0 Å². The highest BCUT2D eigenvalue weighted by atomic mass is 35.5. The molecular weight excluding hydrogens is 340 g/mol. The number of carbonyl (C=O) groups is 1. The van der Waals surface area contributed by atoms with E-state index in [1.165, 1.54) is 0 Å². The molecule has 1 unspecified atom stereocenters. The number of methoxy groups -OCH3 is 2. The van der Waals surface area contributed by atoms with E-state index >= 15 is 0 Å². The van der Waals surface area contributed by atoms with Crippen LogP contribution in [0.15, 0.2) is 48.5 Å². The van der Waals surface area contributed by atoms with Crippen LogP contribution in [-0.2, 0) is 0 Å². The number of halogens is 1. The van der Waals surface area contributed by atoms with E-state index in [0.717, 1.165) is 11.3 Å². The molecule has 0 saturated carbocycles. The smallest absolute Gasteiger partial charge is 0.255 e. The van der Waals surface area contributed by atoms with Crippen LogP contribution < -0.4 is 14.8 Å². The van der Waals surface area contributed by atoms with Crippen LogP contribution in [0.5, 0.6) is 11.5 Å². The minimum atomic E-state index is -0.158. The standard InChI is InChI=1S/C19H24N2O3.ClH/c1-21(2)16(14-9-5-7-11-17(14)23-3)13-20-19(22)15-10-6-8-12-18(15)24-4;/h5-12,16H,13H2,1-4H3,(H,20,22);1H. The second-order valence-corrected chi connectivity index (χ2v) is 5.63. The third-order valence-electron chi connectivity index (χ3n) is 3.93. The van der Waals surface area contributed by atoms with Gasteiger partial charge in [0.15, 0.2) is 0 Å². The van der Waals surface area contributed by atoms with Gasteiger partial charge in [-0.25, -0.2) is 0 Å². The molecule has 0 saturated heterocycles. The van der Waals surface area contributed by atoms with Crippen LogP contribution in [0.2, 0.25) is 0 Å². The van der Waals surface area contributed by atoms with Crippen LogP contribution in [0.4, 0.5) is 0 Å². The van der Waals surface area contributed by atoms with E-state index in [-0.39, 0.29) is 24.4 Å². The van der Waals surface area contributed by atoms with Crippen molar-refractivity contribution < 1.29 is 14.3 Å². The Bertz CT molecular complexity index is 692. The first-order chi connectivity index (χ1) is 11.6. The van der Waals surface area contributed by atoms with Crippen molar-refractivity contribution >= 4 is 18.3 Å². The molecule has 1 atom stereocenters. The van der Waals surface area contributed by atoms with Gasteiger partial charge in [-0.05, 0) is 32.3 Å². The molecule has 2 aromatic carbocycles. The third kappa shape index (κ3) is 5.11. The molecule has 2 aromatic rings. The van der Waals surface area contributed by atoms with Crippen molar-refractivity contribution in [2.75, 3.05) is 34.9 Å². The molecular formula is C19H25ClN2O3. The summed E-state index contributed by atoms with van der Waals surface area (Å²) in [6.45, 7) is 0.463. The molecule has 0 bridgehead atoms. The zero-order valence-corrected chi connectivity index (χ0v) is 15.8. The number of ether oxygens (including phenoxy) is 2. The number of carbonyl (C=O) groups excluding carboxylic acids is 1. The molecule has 0 aromatic heterocycles. The van der Waals surface area contributed by atoms with Gasteiger partial charge in [-0.2, -0.15) is 0 Å². The van der Waals surface area contributed by atoms with Gasteiger partial charge in [-0.1, -0.05) is 30.3 Å². The molecule has 0 aliphatic heterocycles. The molecule has 0 aliphatic rings. The molecule has 1 amide bonds. The van der Waals surface area contributed by atoms with Gasteiger partial charge in [0.1, 0.15) is 11.5 Å². The highest BCUT2D eigenvalue weighted by Gasteiger charge is 2.20. The summed E-state index contributed by atoms with van der Waals surface area (Å²) in [5, 5.41) is 2.99. The van der Waals surface area contributed by atoms with Crippen molar-refractivity contribution in [1.82, 2.24) is 10.2 Å². The fraction of sp³-hybridized carbons (Fsp3) is 0.316. The maximum Gasteiger partial charge on any atom is 0.255 e. The lowest BCUT2D eigenvalue weighted by Crippen LogP contribution is -2.34. The fourth-order valence-corrected chi connectivity index (χ4v) is 2.63. The van der Waals surface area contributed by atoms with E-state index in [4.69, 9.17) is 9.47 Å². The van der Waals surface area contributed by atoms with Gasteiger partial charge in [0, 0.05) is 12.1 Å². The van der Waals surface area contributed by atoms with Gasteiger partial charge in [0.2, 0.25) is 0 Å². The molecule has 0 heterocycles. The number of para-hydroxylation sites is 2. The molecule has 0 fully saturated rings. The van der Waals surface area contributed by atoms with E-state index in [1.807, 2.05) is 50.5 Å². The number of hydrogen-bond acceptors (Lipinski definition) is 4. The summed E-state index contributed by atoms with van der Waals surface area (Å²) in [4.78, 5) is 14.6. The first-order valence-electron chi connectivity index (χ1n) is 7.79. The molecule has 25 heavy (non-hydrogen) atoms. The minimum absolute atomic E-state index is 0. The Morgan fingerprint density at radius 1 is 1.00 bits per heavy atom. The Kier molecular flexibility index (Phi) is 8.25. The van der Waals surface area contributed by atoms with E-state index in [1.54, 1.807) is 26.4 Å². The van der Waals surface area contributed by atoms with Crippen molar-refractivity contribution in [3.8, 4) is 11.5 Å². The van der Waals surface area contributed by atoms with Crippen LogP contribution in [0.25, 0.3) is 0 Å². The van der Waals surface area contributed by atoms with Crippen molar-refractivity contribution in [1.29, 1.82) is 0 Å². The lowest BCUT2D eigenvalue weighted by molar-refractivity contribution is 0.0938. The Labute approximate surface area is 155 Å². The van der Waals surface area contributed by atoms with Crippen LogP contribution in [0.3, 0.4) is 0 Å². The third-order valence-corrected chi connectivity index (χ3v) is 3.93. The van der Waals surface area contributed by atoms with Crippen LogP contribution in [0, 0.1) is 0 Å². The second-order valence-electron chi connectivity index (χ2n) is 5.63. The van der Waals surface area contributed by atoms with Crippen LogP contribution in [0.1, 0.15) is 22.0 Å². The number of nitrogens with one attached hydrogen (secondary N) is 1. The van der Waals surface area contributed by atoms with Gasteiger partial charge in [0.05, 0.1) is 25.8 Å². The Hall–Kier alpha value is -2.24. The molecule has 0 spiro atoms. The quantitative estimate of drug-likeness (QED) is 0.820. The lowest BCUT2D eigenvalue weighted by atomic mass is 10.0. The van der Waals surface area contributed by atoms with Crippen LogP contribution in [-0.4, -0.2) is 45.7 Å². The summed E-state index contributed by atoms with van der Waals surface area (Å²) in [6, 6.07) is 15.0. The Morgan fingerprint density at radius 3 is 2.16 bits per heavy atom. The summed E-state index contributed by atoms with van der Waals surface area (Å²) in [5.41, 5.74) is 1.56. The average molecular weight is 365 g/mol. The molecule has 6 heteroatoms.